The normalized spacial score (nSPS) is 19.0. The average Bonchev–Trinajstić information content (AvgIpc) is 3.34. The third-order valence-corrected chi connectivity index (χ3v) is 5.58. The Morgan fingerprint density at radius 1 is 1.12 bits per heavy atom. The maximum atomic E-state index is 12.2. The summed E-state index contributed by atoms with van der Waals surface area (Å²) in [5, 5.41) is 6.95. The Bertz CT molecular complexity index is 741. The molecule has 0 atom stereocenters. The van der Waals surface area contributed by atoms with E-state index in [0.29, 0.717) is 5.82 Å². The van der Waals surface area contributed by atoms with Gasteiger partial charge in [0.25, 0.3) is 0 Å². The highest BCUT2D eigenvalue weighted by atomic mass is 16.5. The number of aromatic nitrogens is 2. The zero-order valence-corrected chi connectivity index (χ0v) is 15.3. The quantitative estimate of drug-likeness (QED) is 0.907. The molecule has 1 saturated heterocycles. The van der Waals surface area contributed by atoms with Crippen LogP contribution >= 0.6 is 0 Å². The van der Waals surface area contributed by atoms with Gasteiger partial charge in [-0.15, -0.1) is 0 Å². The molecule has 1 aliphatic heterocycles. The first-order valence-electron chi connectivity index (χ1n) is 9.69. The molecular weight excluding hydrogens is 328 g/mol. The van der Waals surface area contributed by atoms with Crippen LogP contribution in [-0.4, -0.2) is 35.2 Å². The zero-order chi connectivity index (χ0) is 17.9. The van der Waals surface area contributed by atoms with Crippen molar-refractivity contribution in [2.75, 3.05) is 18.0 Å². The highest BCUT2D eigenvalue weighted by Crippen LogP contribution is 2.25. The number of carbonyl (C=O) groups is 1. The Hall–Kier alpha value is -2.37. The molecule has 2 aromatic rings. The molecule has 1 aliphatic carbocycles. The second-order valence-electron chi connectivity index (χ2n) is 7.59. The van der Waals surface area contributed by atoms with Gasteiger partial charge in [0.2, 0.25) is 5.82 Å². The number of benzene rings is 1. The summed E-state index contributed by atoms with van der Waals surface area (Å²) in [5.41, 5.74) is 2.09. The second kappa shape index (κ2) is 7.48. The lowest BCUT2D eigenvalue weighted by molar-refractivity contribution is 0.0893. The molecule has 0 spiro atoms. The fraction of sp³-hybridized carbons (Fsp3) is 0.550. The number of hydrogen-bond acceptors (Lipinski definition) is 5. The van der Waals surface area contributed by atoms with Gasteiger partial charge in [0.15, 0.2) is 0 Å². The fourth-order valence-corrected chi connectivity index (χ4v) is 3.84. The van der Waals surface area contributed by atoms with Gasteiger partial charge in [0.1, 0.15) is 0 Å². The van der Waals surface area contributed by atoms with E-state index in [2.05, 4.69) is 39.4 Å². The lowest BCUT2D eigenvalue weighted by Gasteiger charge is -2.32. The summed E-state index contributed by atoms with van der Waals surface area (Å²) in [6, 6.07) is 8.43. The Balaban J connectivity index is 1.41. The summed E-state index contributed by atoms with van der Waals surface area (Å²) in [6.45, 7) is 4.53. The molecule has 2 aliphatic rings. The van der Waals surface area contributed by atoms with Crippen LogP contribution in [0.1, 0.15) is 56.1 Å². The topological polar surface area (TPSA) is 71.3 Å². The molecule has 1 aromatic heterocycles. The molecule has 1 aromatic carbocycles. The molecule has 4 rings (SSSR count). The number of rotatable bonds is 4. The van der Waals surface area contributed by atoms with Gasteiger partial charge < -0.3 is 14.7 Å². The van der Waals surface area contributed by atoms with Crippen LogP contribution in [0, 0.1) is 5.92 Å². The third-order valence-electron chi connectivity index (χ3n) is 5.58. The highest BCUT2D eigenvalue weighted by molar-refractivity contribution is 5.90. The minimum Gasteiger partial charge on any atom is -0.372 e. The van der Waals surface area contributed by atoms with Crippen LogP contribution in [0.25, 0.3) is 11.4 Å². The number of amides is 1. The summed E-state index contributed by atoms with van der Waals surface area (Å²) >= 11 is 0. The van der Waals surface area contributed by atoms with Gasteiger partial charge in [-0.1, -0.05) is 24.9 Å². The standard InChI is InChI=1S/C20H26N4O2/c1-14-10-12-24(13-11-14)17-8-6-15(7-9-17)18-22-20(26-23-18)19(25)21-16-4-2-3-5-16/h6-9,14,16H,2-5,10-13H2,1H3,(H,21,25). The molecule has 2 fully saturated rings. The highest BCUT2D eigenvalue weighted by Gasteiger charge is 2.22. The summed E-state index contributed by atoms with van der Waals surface area (Å²) in [5.74, 6) is 1.05. The molecule has 6 heteroatoms. The van der Waals surface area contributed by atoms with Crippen molar-refractivity contribution in [3.05, 3.63) is 30.2 Å². The third kappa shape index (κ3) is 3.74. The molecule has 1 amide bonds. The monoisotopic (exact) mass is 354 g/mol. The Labute approximate surface area is 154 Å². The SMILES string of the molecule is CC1CCN(c2ccc(-c3noc(C(=O)NC4CCCC4)n3)cc2)CC1. The maximum absolute atomic E-state index is 12.2. The molecular formula is C20H26N4O2. The lowest BCUT2D eigenvalue weighted by atomic mass is 9.98. The van der Waals surface area contributed by atoms with Crippen molar-refractivity contribution in [1.29, 1.82) is 0 Å². The molecule has 0 radical (unpaired) electrons. The molecule has 6 nitrogen and oxygen atoms in total. The van der Waals surface area contributed by atoms with Crippen molar-refractivity contribution in [1.82, 2.24) is 15.5 Å². The van der Waals surface area contributed by atoms with Gasteiger partial charge in [-0.3, -0.25) is 4.79 Å². The zero-order valence-electron chi connectivity index (χ0n) is 15.3. The van der Waals surface area contributed by atoms with Gasteiger partial charge in [-0.05, 0) is 55.9 Å². The van der Waals surface area contributed by atoms with E-state index in [1.165, 1.54) is 31.4 Å². The van der Waals surface area contributed by atoms with Gasteiger partial charge in [0, 0.05) is 30.4 Å². The van der Waals surface area contributed by atoms with Crippen LogP contribution in [0.3, 0.4) is 0 Å². The summed E-state index contributed by atoms with van der Waals surface area (Å²) in [4.78, 5) is 18.9. The Morgan fingerprint density at radius 2 is 1.81 bits per heavy atom. The van der Waals surface area contributed by atoms with Crippen LogP contribution in [0.2, 0.25) is 0 Å². The van der Waals surface area contributed by atoms with Crippen molar-refractivity contribution in [2.45, 2.75) is 51.5 Å². The van der Waals surface area contributed by atoms with Crippen molar-refractivity contribution in [2.24, 2.45) is 5.92 Å². The second-order valence-corrected chi connectivity index (χ2v) is 7.59. The summed E-state index contributed by atoms with van der Waals surface area (Å²) in [6.07, 6.45) is 6.88. The molecule has 0 bridgehead atoms. The number of anilines is 1. The molecule has 1 saturated carbocycles. The van der Waals surface area contributed by atoms with Crippen molar-refractivity contribution in [3.8, 4) is 11.4 Å². The van der Waals surface area contributed by atoms with Crippen LogP contribution in [-0.2, 0) is 0 Å². The van der Waals surface area contributed by atoms with Crippen molar-refractivity contribution >= 4 is 11.6 Å². The van der Waals surface area contributed by atoms with Crippen LogP contribution in [0.5, 0.6) is 0 Å². The molecule has 2 heterocycles. The predicted molar refractivity (Wildman–Crippen MR) is 100 cm³/mol. The minimum atomic E-state index is -0.269. The lowest BCUT2D eigenvalue weighted by Crippen LogP contribution is -2.32. The first kappa shape index (κ1) is 17.1. The number of carbonyl (C=O) groups excluding carboxylic acids is 1. The predicted octanol–water partition coefficient (Wildman–Crippen LogP) is 3.65. The first-order valence-corrected chi connectivity index (χ1v) is 9.69. The number of hydrogen-bond donors (Lipinski definition) is 1. The summed E-state index contributed by atoms with van der Waals surface area (Å²) < 4.78 is 5.17. The van der Waals surface area contributed by atoms with Crippen LogP contribution < -0.4 is 10.2 Å². The van der Waals surface area contributed by atoms with Gasteiger partial charge >= 0.3 is 11.8 Å². The van der Waals surface area contributed by atoms with E-state index < -0.39 is 0 Å². The maximum Gasteiger partial charge on any atom is 0.316 e. The van der Waals surface area contributed by atoms with E-state index in [-0.39, 0.29) is 17.8 Å². The number of piperidine rings is 1. The fourth-order valence-electron chi connectivity index (χ4n) is 3.84. The van der Waals surface area contributed by atoms with Crippen LogP contribution in [0.4, 0.5) is 5.69 Å². The summed E-state index contributed by atoms with van der Waals surface area (Å²) in [7, 11) is 0. The first-order chi connectivity index (χ1) is 12.7. The largest absolute Gasteiger partial charge is 0.372 e. The molecule has 26 heavy (non-hydrogen) atoms. The van der Waals surface area contributed by atoms with Crippen LogP contribution in [0.15, 0.2) is 28.8 Å². The average molecular weight is 354 g/mol. The van der Waals surface area contributed by atoms with E-state index in [1.807, 2.05) is 12.1 Å². The molecule has 138 valence electrons. The Kier molecular flexibility index (Phi) is 4.91. The molecule has 0 unspecified atom stereocenters. The van der Waals surface area contributed by atoms with E-state index in [4.69, 9.17) is 4.52 Å². The van der Waals surface area contributed by atoms with E-state index in [1.54, 1.807) is 0 Å². The van der Waals surface area contributed by atoms with Crippen molar-refractivity contribution < 1.29 is 9.32 Å². The van der Waals surface area contributed by atoms with Crippen molar-refractivity contribution in [3.63, 3.8) is 0 Å². The minimum absolute atomic E-state index is 0.0426. The Morgan fingerprint density at radius 3 is 2.50 bits per heavy atom. The van der Waals surface area contributed by atoms with Gasteiger partial charge in [-0.2, -0.15) is 4.98 Å². The van der Waals surface area contributed by atoms with Gasteiger partial charge in [-0.25, -0.2) is 0 Å². The number of nitrogens with zero attached hydrogens (tertiary/aromatic N) is 3. The van der Waals surface area contributed by atoms with E-state index in [0.717, 1.165) is 37.4 Å². The smallest absolute Gasteiger partial charge is 0.316 e. The van der Waals surface area contributed by atoms with E-state index >= 15 is 0 Å². The molecule has 1 N–H and O–H groups in total. The van der Waals surface area contributed by atoms with E-state index in [9.17, 15) is 4.79 Å². The number of nitrogens with one attached hydrogen (secondary N) is 1. The van der Waals surface area contributed by atoms with Gasteiger partial charge in [0.05, 0.1) is 0 Å².